The fourth-order valence-electron chi connectivity index (χ4n) is 1.54. The standard InChI is InChI=1S/C8H16N2O5S/c1-14-9-6-3-4-10(15-16(2)13)7(5-6)8(11)12/h7-8,11-12H,3-5H2,1-2H3/b9-6+. The Balaban J connectivity index is 2.67. The molecule has 1 saturated heterocycles. The lowest BCUT2D eigenvalue weighted by Gasteiger charge is -2.34. The number of aliphatic hydroxyl groups is 2. The van der Waals surface area contributed by atoms with E-state index < -0.39 is 23.4 Å². The monoisotopic (exact) mass is 252 g/mol. The van der Waals surface area contributed by atoms with Gasteiger partial charge in [-0.05, 0) is 0 Å². The van der Waals surface area contributed by atoms with Gasteiger partial charge in [-0.3, -0.25) is 0 Å². The number of nitrogens with zero attached hydrogens (tertiary/aromatic N) is 2. The molecule has 7 nitrogen and oxygen atoms in total. The van der Waals surface area contributed by atoms with E-state index in [9.17, 15) is 14.4 Å². The van der Waals surface area contributed by atoms with Crippen LogP contribution < -0.4 is 0 Å². The van der Waals surface area contributed by atoms with Crippen LogP contribution in [0, 0.1) is 0 Å². The lowest BCUT2D eigenvalue weighted by molar-refractivity contribution is -0.178. The highest BCUT2D eigenvalue weighted by atomic mass is 32.2. The van der Waals surface area contributed by atoms with Crippen LogP contribution in [-0.2, 0) is 20.2 Å². The van der Waals surface area contributed by atoms with Crippen molar-refractivity contribution in [3.05, 3.63) is 0 Å². The van der Waals surface area contributed by atoms with E-state index >= 15 is 0 Å². The Morgan fingerprint density at radius 2 is 2.31 bits per heavy atom. The Bertz CT molecular complexity index is 284. The number of aliphatic hydroxyl groups excluding tert-OH is 1. The average molecular weight is 252 g/mol. The normalized spacial score (nSPS) is 27.3. The molecular weight excluding hydrogens is 236 g/mol. The van der Waals surface area contributed by atoms with Gasteiger partial charge in [0.1, 0.15) is 7.11 Å². The summed E-state index contributed by atoms with van der Waals surface area (Å²) in [6, 6.07) is -0.674. The minimum atomic E-state index is -1.58. The summed E-state index contributed by atoms with van der Waals surface area (Å²) >= 11 is -1.48. The summed E-state index contributed by atoms with van der Waals surface area (Å²) in [5.41, 5.74) is 0.724. The largest absolute Gasteiger partial charge is 0.399 e. The molecule has 0 saturated carbocycles. The van der Waals surface area contributed by atoms with Crippen LogP contribution in [0.25, 0.3) is 0 Å². The van der Waals surface area contributed by atoms with E-state index in [0.717, 1.165) is 5.71 Å². The Morgan fingerprint density at radius 3 is 2.81 bits per heavy atom. The van der Waals surface area contributed by atoms with Gasteiger partial charge >= 0.3 is 0 Å². The zero-order valence-electron chi connectivity index (χ0n) is 9.20. The first-order chi connectivity index (χ1) is 7.54. The lowest BCUT2D eigenvalue weighted by atomic mass is 10.0. The third-order valence-electron chi connectivity index (χ3n) is 2.20. The van der Waals surface area contributed by atoms with Gasteiger partial charge in [-0.1, -0.05) is 5.16 Å². The molecule has 1 aliphatic heterocycles. The third-order valence-corrected chi connectivity index (χ3v) is 2.60. The van der Waals surface area contributed by atoms with Crippen LogP contribution in [0.2, 0.25) is 0 Å². The van der Waals surface area contributed by atoms with Gasteiger partial charge in [0.05, 0.1) is 11.8 Å². The summed E-state index contributed by atoms with van der Waals surface area (Å²) in [5.74, 6) is 0. The smallest absolute Gasteiger partial charge is 0.170 e. The van der Waals surface area contributed by atoms with E-state index in [0.29, 0.717) is 19.4 Å². The third kappa shape index (κ3) is 3.80. The van der Waals surface area contributed by atoms with E-state index in [1.807, 2.05) is 0 Å². The second-order valence-electron chi connectivity index (χ2n) is 3.39. The van der Waals surface area contributed by atoms with Crippen molar-refractivity contribution in [2.45, 2.75) is 25.2 Å². The zero-order valence-corrected chi connectivity index (χ0v) is 10.0. The predicted octanol–water partition coefficient (Wildman–Crippen LogP) is -1.01. The Hall–Kier alpha value is -0.540. The van der Waals surface area contributed by atoms with Crippen LogP contribution in [0.5, 0.6) is 0 Å². The van der Waals surface area contributed by atoms with Crippen molar-refractivity contribution in [1.29, 1.82) is 0 Å². The highest BCUT2D eigenvalue weighted by Crippen LogP contribution is 2.18. The first-order valence-electron chi connectivity index (χ1n) is 4.78. The maximum Gasteiger partial charge on any atom is 0.170 e. The molecule has 2 unspecified atom stereocenters. The SMILES string of the molecule is CO/N=C1\CCN(OS(C)=O)C(C(O)O)C1. The van der Waals surface area contributed by atoms with E-state index in [4.69, 9.17) is 4.28 Å². The predicted molar refractivity (Wildman–Crippen MR) is 57.5 cm³/mol. The molecule has 94 valence electrons. The van der Waals surface area contributed by atoms with Crippen LogP contribution in [0.1, 0.15) is 12.8 Å². The minimum absolute atomic E-state index is 0.308. The fraction of sp³-hybridized carbons (Fsp3) is 0.875. The Morgan fingerprint density at radius 1 is 1.62 bits per heavy atom. The van der Waals surface area contributed by atoms with Crippen molar-refractivity contribution in [2.75, 3.05) is 19.9 Å². The van der Waals surface area contributed by atoms with Crippen LogP contribution in [-0.4, -0.2) is 57.4 Å². The summed E-state index contributed by atoms with van der Waals surface area (Å²) in [6.07, 6.45) is 0.683. The Labute approximate surface area is 96.3 Å². The first kappa shape index (κ1) is 13.5. The minimum Gasteiger partial charge on any atom is -0.399 e. The molecule has 8 heteroatoms. The molecule has 2 atom stereocenters. The Kier molecular flexibility index (Phi) is 5.29. The molecule has 1 rings (SSSR count). The van der Waals surface area contributed by atoms with Gasteiger partial charge in [-0.25, -0.2) is 4.21 Å². The van der Waals surface area contributed by atoms with Crippen LogP contribution in [0.3, 0.4) is 0 Å². The summed E-state index contributed by atoms with van der Waals surface area (Å²) < 4.78 is 15.9. The second kappa shape index (κ2) is 6.26. The summed E-state index contributed by atoms with van der Waals surface area (Å²) in [4.78, 5) is 4.63. The van der Waals surface area contributed by atoms with Crippen LogP contribution in [0.4, 0.5) is 0 Å². The molecule has 0 aromatic heterocycles. The highest BCUT2D eigenvalue weighted by molar-refractivity contribution is 7.79. The summed E-state index contributed by atoms with van der Waals surface area (Å²) in [5, 5.41) is 23.5. The quantitative estimate of drug-likeness (QED) is 0.492. The number of hydroxylamine groups is 2. The van der Waals surface area contributed by atoms with Crippen molar-refractivity contribution in [1.82, 2.24) is 5.06 Å². The van der Waals surface area contributed by atoms with Gasteiger partial charge in [-0.2, -0.15) is 9.35 Å². The van der Waals surface area contributed by atoms with Gasteiger partial charge in [0, 0.05) is 25.6 Å². The number of hydrogen-bond acceptors (Lipinski definition) is 7. The maximum atomic E-state index is 10.9. The van der Waals surface area contributed by atoms with Gasteiger partial charge in [-0.15, -0.1) is 0 Å². The van der Waals surface area contributed by atoms with Crippen molar-refractivity contribution in [3.63, 3.8) is 0 Å². The summed E-state index contributed by atoms with van der Waals surface area (Å²) in [6.45, 7) is 0.393. The molecule has 1 aliphatic rings. The number of rotatable bonds is 4. The number of hydrogen-bond donors (Lipinski definition) is 2. The van der Waals surface area contributed by atoms with E-state index in [2.05, 4.69) is 9.99 Å². The molecule has 0 radical (unpaired) electrons. The van der Waals surface area contributed by atoms with Gasteiger partial charge < -0.3 is 15.1 Å². The van der Waals surface area contributed by atoms with E-state index in [1.54, 1.807) is 0 Å². The van der Waals surface area contributed by atoms with Gasteiger partial charge in [0.25, 0.3) is 0 Å². The highest BCUT2D eigenvalue weighted by Gasteiger charge is 2.32. The molecule has 1 fully saturated rings. The molecule has 2 N–H and O–H groups in total. The lowest BCUT2D eigenvalue weighted by Crippen LogP contribution is -2.49. The number of oxime groups is 1. The fourth-order valence-corrected chi connectivity index (χ4v) is 2.00. The molecule has 0 bridgehead atoms. The molecule has 0 aliphatic carbocycles. The van der Waals surface area contributed by atoms with Crippen molar-refractivity contribution >= 4 is 16.8 Å². The van der Waals surface area contributed by atoms with Crippen LogP contribution in [0.15, 0.2) is 5.16 Å². The summed E-state index contributed by atoms with van der Waals surface area (Å²) in [7, 11) is 1.43. The average Bonchev–Trinajstić information content (AvgIpc) is 2.19. The van der Waals surface area contributed by atoms with Crippen molar-refractivity contribution in [2.24, 2.45) is 5.16 Å². The molecule has 0 aromatic rings. The molecule has 0 spiro atoms. The molecule has 16 heavy (non-hydrogen) atoms. The van der Waals surface area contributed by atoms with Crippen molar-refractivity contribution < 1.29 is 23.5 Å². The van der Waals surface area contributed by atoms with Crippen molar-refractivity contribution in [3.8, 4) is 0 Å². The van der Waals surface area contributed by atoms with Crippen LogP contribution >= 0.6 is 0 Å². The molecular formula is C8H16N2O5S. The number of piperidine rings is 1. The molecule has 1 heterocycles. The maximum absolute atomic E-state index is 10.9. The topological polar surface area (TPSA) is 91.6 Å². The molecule has 0 amide bonds. The first-order valence-corrected chi connectivity index (χ1v) is 6.26. The van der Waals surface area contributed by atoms with E-state index in [-0.39, 0.29) is 0 Å². The van der Waals surface area contributed by atoms with E-state index in [1.165, 1.54) is 18.4 Å². The molecule has 0 aromatic carbocycles. The second-order valence-corrected chi connectivity index (χ2v) is 4.34. The van der Waals surface area contributed by atoms with Gasteiger partial charge in [0.2, 0.25) is 0 Å². The van der Waals surface area contributed by atoms with Gasteiger partial charge in [0.15, 0.2) is 17.4 Å². The zero-order chi connectivity index (χ0) is 12.1.